The van der Waals surface area contributed by atoms with Crippen molar-refractivity contribution in [2.75, 3.05) is 6.54 Å². The Balaban J connectivity index is 2.45. The first-order valence-electron chi connectivity index (χ1n) is 4.84. The maximum atomic E-state index is 6.07. The van der Waals surface area contributed by atoms with E-state index in [4.69, 9.17) is 17.3 Å². The zero-order valence-electron chi connectivity index (χ0n) is 7.89. The molecule has 0 unspecified atom stereocenters. The molecule has 1 aliphatic carbocycles. The lowest BCUT2D eigenvalue weighted by Gasteiger charge is -2.42. The van der Waals surface area contributed by atoms with E-state index >= 15 is 0 Å². The largest absolute Gasteiger partial charge is 0.330 e. The fourth-order valence-corrected chi connectivity index (χ4v) is 2.96. The predicted octanol–water partition coefficient (Wildman–Crippen LogP) is 3.48. The molecular weight excluding hydrogens is 261 g/mol. The Morgan fingerprint density at radius 3 is 2.64 bits per heavy atom. The van der Waals surface area contributed by atoms with Crippen molar-refractivity contribution >= 4 is 27.5 Å². The molecule has 0 heterocycles. The zero-order chi connectivity index (χ0) is 10.2. The summed E-state index contributed by atoms with van der Waals surface area (Å²) in [7, 11) is 0. The van der Waals surface area contributed by atoms with Crippen molar-refractivity contribution in [3.05, 3.63) is 33.3 Å². The quantitative estimate of drug-likeness (QED) is 0.878. The fraction of sp³-hybridized carbons (Fsp3) is 0.455. The van der Waals surface area contributed by atoms with Gasteiger partial charge in [-0.15, -0.1) is 0 Å². The van der Waals surface area contributed by atoms with Gasteiger partial charge in [-0.1, -0.05) is 30.2 Å². The Morgan fingerprint density at radius 2 is 2.14 bits per heavy atom. The molecule has 0 aromatic heterocycles. The first-order chi connectivity index (χ1) is 6.69. The molecule has 1 nitrogen and oxygen atoms in total. The van der Waals surface area contributed by atoms with Gasteiger partial charge in [0.25, 0.3) is 0 Å². The van der Waals surface area contributed by atoms with Crippen LogP contribution in [0.15, 0.2) is 22.7 Å². The van der Waals surface area contributed by atoms with Crippen molar-refractivity contribution in [1.29, 1.82) is 0 Å². The van der Waals surface area contributed by atoms with Crippen LogP contribution in [0.4, 0.5) is 0 Å². The maximum Gasteiger partial charge on any atom is 0.0551 e. The molecule has 0 atom stereocenters. The average Bonchev–Trinajstić information content (AvgIpc) is 2.11. The van der Waals surface area contributed by atoms with Gasteiger partial charge in [0.2, 0.25) is 0 Å². The standard InChI is InChI=1S/C11H13BrClN/c12-10-8(3-1-4-9(10)13)11(7-14)5-2-6-11/h1,3-4H,2,5-7,14H2. The summed E-state index contributed by atoms with van der Waals surface area (Å²) < 4.78 is 1.02. The van der Waals surface area contributed by atoms with Crippen LogP contribution >= 0.6 is 27.5 Å². The second-order valence-electron chi connectivity index (χ2n) is 3.94. The lowest BCUT2D eigenvalue weighted by Crippen LogP contribution is -2.41. The van der Waals surface area contributed by atoms with Gasteiger partial charge in [0.1, 0.15) is 0 Å². The highest BCUT2D eigenvalue weighted by Gasteiger charge is 2.38. The van der Waals surface area contributed by atoms with Gasteiger partial charge in [-0.2, -0.15) is 0 Å². The van der Waals surface area contributed by atoms with Crippen molar-refractivity contribution in [2.24, 2.45) is 5.73 Å². The minimum Gasteiger partial charge on any atom is -0.330 e. The van der Waals surface area contributed by atoms with E-state index in [-0.39, 0.29) is 5.41 Å². The van der Waals surface area contributed by atoms with Crippen LogP contribution < -0.4 is 5.73 Å². The molecule has 1 aromatic carbocycles. The average molecular weight is 275 g/mol. The molecule has 2 N–H and O–H groups in total. The summed E-state index contributed by atoms with van der Waals surface area (Å²) in [6.07, 6.45) is 3.64. The summed E-state index contributed by atoms with van der Waals surface area (Å²) in [4.78, 5) is 0. The molecule has 0 amide bonds. The number of benzene rings is 1. The molecule has 0 radical (unpaired) electrons. The number of hydrogen-bond acceptors (Lipinski definition) is 1. The van der Waals surface area contributed by atoms with Crippen molar-refractivity contribution < 1.29 is 0 Å². The van der Waals surface area contributed by atoms with Crippen LogP contribution in [0.2, 0.25) is 5.02 Å². The van der Waals surface area contributed by atoms with Gasteiger partial charge in [-0.25, -0.2) is 0 Å². The van der Waals surface area contributed by atoms with Gasteiger partial charge in [0, 0.05) is 16.4 Å². The van der Waals surface area contributed by atoms with E-state index in [1.54, 1.807) is 0 Å². The molecule has 2 rings (SSSR count). The lowest BCUT2D eigenvalue weighted by molar-refractivity contribution is 0.252. The van der Waals surface area contributed by atoms with Crippen LogP contribution in [0.3, 0.4) is 0 Å². The summed E-state index contributed by atoms with van der Waals surface area (Å²) >= 11 is 9.61. The fourth-order valence-electron chi connectivity index (χ4n) is 2.10. The van der Waals surface area contributed by atoms with Crippen molar-refractivity contribution in [1.82, 2.24) is 0 Å². The van der Waals surface area contributed by atoms with Crippen LogP contribution in [0.25, 0.3) is 0 Å². The third-order valence-corrected chi connectivity index (χ3v) is 4.62. The maximum absolute atomic E-state index is 6.07. The van der Waals surface area contributed by atoms with Gasteiger partial charge in [-0.3, -0.25) is 0 Å². The predicted molar refractivity (Wildman–Crippen MR) is 63.7 cm³/mol. The summed E-state index contributed by atoms with van der Waals surface area (Å²) in [5.41, 5.74) is 7.32. The first kappa shape index (κ1) is 10.5. The number of rotatable bonds is 2. The molecule has 14 heavy (non-hydrogen) atoms. The summed E-state index contributed by atoms with van der Waals surface area (Å²) in [6.45, 7) is 0.714. The van der Waals surface area contributed by atoms with Gasteiger partial charge < -0.3 is 5.73 Å². The second kappa shape index (κ2) is 3.84. The molecule has 3 heteroatoms. The highest BCUT2D eigenvalue weighted by Crippen LogP contribution is 2.46. The first-order valence-corrected chi connectivity index (χ1v) is 6.01. The van der Waals surface area contributed by atoms with E-state index in [0.717, 1.165) is 9.50 Å². The van der Waals surface area contributed by atoms with Crippen molar-refractivity contribution in [3.8, 4) is 0 Å². The van der Waals surface area contributed by atoms with Crippen LogP contribution in [0, 0.1) is 0 Å². The van der Waals surface area contributed by atoms with Crippen LogP contribution in [-0.4, -0.2) is 6.54 Å². The van der Waals surface area contributed by atoms with E-state index in [1.807, 2.05) is 12.1 Å². The molecule has 1 fully saturated rings. The minimum atomic E-state index is 0.184. The van der Waals surface area contributed by atoms with Gasteiger partial charge in [0.05, 0.1) is 5.02 Å². The highest BCUT2D eigenvalue weighted by atomic mass is 79.9. The van der Waals surface area contributed by atoms with E-state index in [0.29, 0.717) is 6.54 Å². The smallest absolute Gasteiger partial charge is 0.0551 e. The Bertz CT molecular complexity index is 342. The third kappa shape index (κ3) is 1.50. The summed E-state index contributed by atoms with van der Waals surface area (Å²) in [5, 5.41) is 0.780. The Kier molecular flexibility index (Phi) is 2.87. The Morgan fingerprint density at radius 1 is 1.43 bits per heavy atom. The molecule has 0 spiro atoms. The van der Waals surface area contributed by atoms with E-state index in [1.165, 1.54) is 24.8 Å². The van der Waals surface area contributed by atoms with Crippen LogP contribution in [0.5, 0.6) is 0 Å². The van der Waals surface area contributed by atoms with E-state index < -0.39 is 0 Å². The molecule has 0 saturated heterocycles. The number of nitrogens with two attached hydrogens (primary N) is 1. The normalized spacial score (nSPS) is 19.1. The molecule has 0 aliphatic heterocycles. The van der Waals surface area contributed by atoms with E-state index in [9.17, 15) is 0 Å². The van der Waals surface area contributed by atoms with Gasteiger partial charge in [0.15, 0.2) is 0 Å². The Labute approximate surface area is 97.8 Å². The van der Waals surface area contributed by atoms with Crippen LogP contribution in [0.1, 0.15) is 24.8 Å². The zero-order valence-corrected chi connectivity index (χ0v) is 10.2. The van der Waals surface area contributed by atoms with Gasteiger partial charge in [-0.05, 0) is 40.4 Å². The molecular formula is C11H13BrClN. The highest BCUT2D eigenvalue weighted by molar-refractivity contribution is 9.10. The van der Waals surface area contributed by atoms with Crippen LogP contribution in [-0.2, 0) is 5.41 Å². The molecule has 0 bridgehead atoms. The van der Waals surface area contributed by atoms with E-state index in [2.05, 4.69) is 22.0 Å². The summed E-state index contributed by atoms with van der Waals surface area (Å²) in [6, 6.07) is 6.03. The minimum absolute atomic E-state index is 0.184. The number of hydrogen-bond donors (Lipinski definition) is 1. The third-order valence-electron chi connectivity index (χ3n) is 3.22. The molecule has 1 aliphatic rings. The van der Waals surface area contributed by atoms with Crippen molar-refractivity contribution in [2.45, 2.75) is 24.7 Å². The second-order valence-corrected chi connectivity index (χ2v) is 5.14. The summed E-state index contributed by atoms with van der Waals surface area (Å²) in [5.74, 6) is 0. The molecule has 1 aromatic rings. The lowest BCUT2D eigenvalue weighted by atomic mass is 9.64. The van der Waals surface area contributed by atoms with Crippen molar-refractivity contribution in [3.63, 3.8) is 0 Å². The molecule has 1 saturated carbocycles. The monoisotopic (exact) mass is 273 g/mol. The molecule has 76 valence electrons. The topological polar surface area (TPSA) is 26.0 Å². The Hall–Kier alpha value is -0.0500. The number of halogens is 2. The van der Waals surface area contributed by atoms with Gasteiger partial charge >= 0.3 is 0 Å². The SMILES string of the molecule is NCC1(c2cccc(Cl)c2Br)CCC1.